The van der Waals surface area contributed by atoms with Crippen LogP contribution in [0.5, 0.6) is 0 Å². The Labute approximate surface area is 229 Å². The monoisotopic (exact) mass is 528 g/mol. The van der Waals surface area contributed by atoms with E-state index in [9.17, 15) is 19.6 Å². The van der Waals surface area contributed by atoms with Crippen LogP contribution in [0.1, 0.15) is 51.8 Å². The fourth-order valence-corrected chi connectivity index (χ4v) is 4.29. The van der Waals surface area contributed by atoms with E-state index in [2.05, 4.69) is 10.6 Å². The lowest BCUT2D eigenvalue weighted by molar-refractivity contribution is -0.140. The van der Waals surface area contributed by atoms with E-state index >= 15 is 0 Å². The molecule has 2 N–H and O–H groups in total. The number of nitrogens with one attached hydrogen (secondary N) is 2. The van der Waals surface area contributed by atoms with Crippen molar-refractivity contribution in [2.45, 2.75) is 59.2 Å². The van der Waals surface area contributed by atoms with E-state index in [-0.39, 0.29) is 12.5 Å². The summed E-state index contributed by atoms with van der Waals surface area (Å²) >= 11 is 0. The standard InChI is InChI=1S/C31H36N4O4/c1-20(2)26(34-30(38)39-31(4,5)6)29(37)35(17-16-32)27(24-13-9-10-21(3)18-24)28(36)33-25-15-14-22-11-7-8-12-23(22)19-25/h7-15,18-20,26-27H,17H2,1-6H3,(H,33,36)(H,34,38). The molecule has 0 aromatic heterocycles. The van der Waals surface area contributed by atoms with Crippen molar-refractivity contribution < 1.29 is 19.1 Å². The van der Waals surface area contributed by atoms with Crippen LogP contribution in [0.15, 0.2) is 66.7 Å². The van der Waals surface area contributed by atoms with Gasteiger partial charge in [0, 0.05) is 5.69 Å². The highest BCUT2D eigenvalue weighted by Gasteiger charge is 2.37. The van der Waals surface area contributed by atoms with Gasteiger partial charge in [-0.3, -0.25) is 9.59 Å². The maximum atomic E-state index is 13.9. The minimum absolute atomic E-state index is 0.340. The van der Waals surface area contributed by atoms with Gasteiger partial charge in [0.2, 0.25) is 5.91 Å². The first-order valence-corrected chi connectivity index (χ1v) is 12.9. The van der Waals surface area contributed by atoms with E-state index in [1.54, 1.807) is 52.8 Å². The van der Waals surface area contributed by atoms with E-state index in [0.717, 1.165) is 16.3 Å². The third-order valence-corrected chi connectivity index (χ3v) is 6.06. The molecule has 0 aliphatic rings. The summed E-state index contributed by atoms with van der Waals surface area (Å²) in [6.45, 7) is 10.3. The highest BCUT2D eigenvalue weighted by atomic mass is 16.6. The molecule has 8 heteroatoms. The van der Waals surface area contributed by atoms with Crippen LogP contribution in [0.2, 0.25) is 0 Å². The quantitative estimate of drug-likeness (QED) is 0.363. The number of rotatable bonds is 8. The Balaban J connectivity index is 2.00. The van der Waals surface area contributed by atoms with Gasteiger partial charge < -0.3 is 20.3 Å². The van der Waals surface area contributed by atoms with E-state index in [1.165, 1.54) is 4.90 Å². The maximum absolute atomic E-state index is 13.9. The number of carbonyl (C=O) groups excluding carboxylic acids is 3. The highest BCUT2D eigenvalue weighted by molar-refractivity contribution is 6.00. The molecule has 0 spiro atoms. The van der Waals surface area contributed by atoms with Crippen LogP contribution in [0.3, 0.4) is 0 Å². The van der Waals surface area contributed by atoms with Gasteiger partial charge in [-0.25, -0.2) is 4.79 Å². The van der Waals surface area contributed by atoms with Crippen molar-refractivity contribution in [1.29, 1.82) is 5.26 Å². The number of anilines is 1. The molecular weight excluding hydrogens is 492 g/mol. The molecule has 2 atom stereocenters. The third-order valence-electron chi connectivity index (χ3n) is 6.06. The molecule has 0 aliphatic carbocycles. The fourth-order valence-electron chi connectivity index (χ4n) is 4.29. The summed E-state index contributed by atoms with van der Waals surface area (Å²) in [6, 6.07) is 20.5. The highest BCUT2D eigenvalue weighted by Crippen LogP contribution is 2.27. The second-order valence-electron chi connectivity index (χ2n) is 10.9. The number of nitriles is 1. The number of fused-ring (bicyclic) bond motifs is 1. The topological polar surface area (TPSA) is 112 Å². The normalized spacial score (nSPS) is 12.8. The molecule has 0 bridgehead atoms. The SMILES string of the molecule is Cc1cccc(C(C(=O)Nc2ccc3ccccc3c2)N(CC#N)C(=O)C(NC(=O)OC(C)(C)C)C(C)C)c1. The zero-order valence-electron chi connectivity index (χ0n) is 23.3. The number of hydrogen-bond acceptors (Lipinski definition) is 5. The number of amides is 3. The first kappa shape index (κ1) is 29.2. The molecule has 8 nitrogen and oxygen atoms in total. The molecule has 3 amide bonds. The van der Waals surface area contributed by atoms with Crippen molar-refractivity contribution in [1.82, 2.24) is 10.2 Å². The lowest BCUT2D eigenvalue weighted by Gasteiger charge is -2.34. The van der Waals surface area contributed by atoms with Gasteiger partial charge in [0.05, 0.1) is 6.07 Å². The number of alkyl carbamates (subject to hydrolysis) is 1. The Morgan fingerprint density at radius 3 is 2.28 bits per heavy atom. The van der Waals surface area contributed by atoms with Gasteiger partial charge in [0.1, 0.15) is 24.2 Å². The van der Waals surface area contributed by atoms with Crippen molar-refractivity contribution in [2.75, 3.05) is 11.9 Å². The van der Waals surface area contributed by atoms with Crippen LogP contribution in [-0.4, -0.2) is 41.0 Å². The van der Waals surface area contributed by atoms with Gasteiger partial charge >= 0.3 is 6.09 Å². The molecule has 204 valence electrons. The van der Waals surface area contributed by atoms with Crippen molar-refractivity contribution in [3.63, 3.8) is 0 Å². The Kier molecular flexibility index (Phi) is 9.31. The molecule has 0 radical (unpaired) electrons. The number of carbonyl (C=O) groups is 3. The Hall–Kier alpha value is -4.38. The number of ether oxygens (including phenoxy) is 1. The molecule has 0 saturated heterocycles. The first-order valence-electron chi connectivity index (χ1n) is 12.9. The first-order chi connectivity index (χ1) is 18.4. The molecule has 3 rings (SSSR count). The Morgan fingerprint density at radius 2 is 1.67 bits per heavy atom. The summed E-state index contributed by atoms with van der Waals surface area (Å²) < 4.78 is 5.37. The molecule has 3 aromatic carbocycles. The van der Waals surface area contributed by atoms with E-state index in [0.29, 0.717) is 11.3 Å². The third kappa shape index (κ3) is 7.81. The minimum atomic E-state index is -1.12. The molecule has 0 heterocycles. The van der Waals surface area contributed by atoms with Gasteiger partial charge in [-0.2, -0.15) is 5.26 Å². The number of nitrogens with zero attached hydrogens (tertiary/aromatic N) is 2. The van der Waals surface area contributed by atoms with E-state index in [4.69, 9.17) is 4.74 Å². The molecule has 0 fully saturated rings. The van der Waals surface area contributed by atoms with Crippen LogP contribution in [0, 0.1) is 24.2 Å². The molecule has 0 saturated carbocycles. The zero-order valence-corrected chi connectivity index (χ0v) is 23.3. The average molecular weight is 529 g/mol. The van der Waals surface area contributed by atoms with Crippen LogP contribution >= 0.6 is 0 Å². The average Bonchev–Trinajstić information content (AvgIpc) is 2.85. The minimum Gasteiger partial charge on any atom is -0.444 e. The van der Waals surface area contributed by atoms with Gasteiger partial charge in [-0.15, -0.1) is 0 Å². The van der Waals surface area contributed by atoms with Crippen molar-refractivity contribution in [2.24, 2.45) is 5.92 Å². The second-order valence-corrected chi connectivity index (χ2v) is 10.9. The van der Waals surface area contributed by atoms with Crippen LogP contribution in [0.4, 0.5) is 10.5 Å². The van der Waals surface area contributed by atoms with Gasteiger partial charge in [-0.05, 0) is 62.1 Å². The molecule has 3 aromatic rings. The predicted molar refractivity (Wildman–Crippen MR) is 152 cm³/mol. The maximum Gasteiger partial charge on any atom is 0.408 e. The van der Waals surface area contributed by atoms with Crippen LogP contribution < -0.4 is 10.6 Å². The lowest BCUT2D eigenvalue weighted by atomic mass is 9.98. The summed E-state index contributed by atoms with van der Waals surface area (Å²) in [5, 5.41) is 17.2. The summed E-state index contributed by atoms with van der Waals surface area (Å²) in [4.78, 5) is 41.6. The lowest BCUT2D eigenvalue weighted by Crippen LogP contribution is -2.54. The summed E-state index contributed by atoms with van der Waals surface area (Å²) in [6.07, 6.45) is -0.751. The van der Waals surface area contributed by atoms with E-state index in [1.807, 2.05) is 61.5 Å². The summed E-state index contributed by atoms with van der Waals surface area (Å²) in [5.74, 6) is -1.37. The number of benzene rings is 3. The van der Waals surface area contributed by atoms with E-state index < -0.39 is 35.6 Å². The van der Waals surface area contributed by atoms with Gasteiger partial charge in [0.25, 0.3) is 5.91 Å². The molecule has 0 aliphatic heterocycles. The molecule has 2 unspecified atom stereocenters. The van der Waals surface area contributed by atoms with Crippen LogP contribution in [0.25, 0.3) is 10.8 Å². The number of aryl methyl sites for hydroxylation is 1. The second kappa shape index (κ2) is 12.4. The number of hydrogen-bond donors (Lipinski definition) is 2. The largest absolute Gasteiger partial charge is 0.444 e. The fraction of sp³-hybridized carbons (Fsp3) is 0.355. The summed E-state index contributed by atoms with van der Waals surface area (Å²) in [7, 11) is 0. The van der Waals surface area contributed by atoms with Crippen molar-refractivity contribution in [3.8, 4) is 6.07 Å². The van der Waals surface area contributed by atoms with Crippen LogP contribution in [-0.2, 0) is 14.3 Å². The van der Waals surface area contributed by atoms with Crippen molar-refractivity contribution >= 4 is 34.4 Å². The zero-order chi connectivity index (χ0) is 28.7. The Morgan fingerprint density at radius 1 is 0.974 bits per heavy atom. The Bertz CT molecular complexity index is 1390. The molecule has 39 heavy (non-hydrogen) atoms. The smallest absolute Gasteiger partial charge is 0.408 e. The predicted octanol–water partition coefficient (Wildman–Crippen LogP) is 5.73. The van der Waals surface area contributed by atoms with Gasteiger partial charge in [0.15, 0.2) is 0 Å². The van der Waals surface area contributed by atoms with Gasteiger partial charge in [-0.1, -0.05) is 74.0 Å². The van der Waals surface area contributed by atoms with Crippen molar-refractivity contribution in [3.05, 3.63) is 77.9 Å². The summed E-state index contributed by atoms with van der Waals surface area (Å²) in [5.41, 5.74) is 1.25. The molecular formula is C31H36N4O4.